The molecule has 0 aromatic heterocycles. The van der Waals surface area contributed by atoms with Crippen LogP contribution in [0.1, 0.15) is 27.1 Å². The van der Waals surface area contributed by atoms with Crippen molar-refractivity contribution in [3.8, 4) is 0 Å². The molecule has 0 atom stereocenters. The summed E-state index contributed by atoms with van der Waals surface area (Å²) >= 11 is 0. The van der Waals surface area contributed by atoms with Crippen molar-refractivity contribution >= 4 is 11.6 Å². The Morgan fingerprint density at radius 2 is 1.62 bits per heavy atom. The van der Waals surface area contributed by atoms with E-state index in [1.54, 1.807) is 24.3 Å². The molecule has 3 N–H and O–H groups in total. The van der Waals surface area contributed by atoms with Gasteiger partial charge in [-0.1, -0.05) is 24.3 Å². The molecule has 0 aliphatic heterocycles. The smallest absolute Gasteiger partial charge is 0.211 e. The fourth-order valence-corrected chi connectivity index (χ4v) is 2.34. The fraction of sp³-hybridized carbons (Fsp3) is 0.375. The van der Waals surface area contributed by atoms with E-state index in [9.17, 15) is 9.59 Å². The third-order valence-corrected chi connectivity index (χ3v) is 3.46. The van der Waals surface area contributed by atoms with E-state index >= 15 is 0 Å². The molecule has 5 nitrogen and oxygen atoms in total. The summed E-state index contributed by atoms with van der Waals surface area (Å²) in [4.78, 5) is 24.6. The van der Waals surface area contributed by atoms with Gasteiger partial charge in [-0.3, -0.25) is 9.59 Å². The quantitative estimate of drug-likeness (QED) is 0.624. The number of rotatable bonds is 5. The molecule has 0 saturated heterocycles. The molecule has 0 bridgehead atoms. The zero-order valence-electron chi connectivity index (χ0n) is 12.8. The number of allylic oxidation sites excluding steroid dienone is 2. The van der Waals surface area contributed by atoms with Gasteiger partial charge in [-0.15, -0.1) is 0 Å². The summed E-state index contributed by atoms with van der Waals surface area (Å²) in [7, 11) is 6.33. The Bertz CT molecular complexity index is 612. The van der Waals surface area contributed by atoms with Crippen LogP contribution in [-0.2, 0) is 0 Å². The van der Waals surface area contributed by atoms with E-state index in [1.807, 2.05) is 0 Å². The van der Waals surface area contributed by atoms with Gasteiger partial charge in [-0.25, -0.2) is 0 Å². The second kappa shape index (κ2) is 5.69. The summed E-state index contributed by atoms with van der Waals surface area (Å²) in [6.45, 7) is 1.59. The first kappa shape index (κ1) is 15.3. The van der Waals surface area contributed by atoms with Crippen LogP contribution in [-0.4, -0.2) is 50.3 Å². The number of nitrogens with zero attached hydrogens (tertiary/aromatic N) is 1. The maximum Gasteiger partial charge on any atom is 0.211 e. The van der Waals surface area contributed by atoms with Gasteiger partial charge < -0.3 is 15.5 Å². The minimum Gasteiger partial charge on any atom is -0.394 e. The first-order valence-corrected chi connectivity index (χ1v) is 7.04. The largest absolute Gasteiger partial charge is 0.394 e. The molecule has 0 heterocycles. The monoisotopic (exact) mass is 288 g/mol. The molecule has 1 aromatic carbocycles. The van der Waals surface area contributed by atoms with E-state index in [-0.39, 0.29) is 23.0 Å². The molecule has 0 spiro atoms. The normalized spacial score (nSPS) is 15.2. The van der Waals surface area contributed by atoms with E-state index in [0.29, 0.717) is 17.7 Å². The number of hydrogen-bond acceptors (Lipinski definition) is 4. The lowest BCUT2D eigenvalue weighted by atomic mass is 9.90. The van der Waals surface area contributed by atoms with Crippen molar-refractivity contribution < 1.29 is 14.1 Å². The maximum atomic E-state index is 12.4. The van der Waals surface area contributed by atoms with Crippen molar-refractivity contribution in [1.82, 2.24) is 5.32 Å². The third kappa shape index (κ3) is 3.31. The average Bonchev–Trinajstić information content (AvgIpc) is 2.43. The molecule has 21 heavy (non-hydrogen) atoms. The van der Waals surface area contributed by atoms with E-state index in [4.69, 9.17) is 5.73 Å². The summed E-state index contributed by atoms with van der Waals surface area (Å²) in [5, 5.41) is 3.04. The highest BCUT2D eigenvalue weighted by Crippen LogP contribution is 2.22. The molecular formula is C16H22N3O2+. The Kier molecular flexibility index (Phi) is 4.14. The van der Waals surface area contributed by atoms with Crippen molar-refractivity contribution in [3.05, 3.63) is 46.8 Å². The van der Waals surface area contributed by atoms with Crippen LogP contribution in [0, 0.1) is 0 Å². The molecule has 2 rings (SSSR count). The van der Waals surface area contributed by atoms with E-state index in [2.05, 4.69) is 26.5 Å². The van der Waals surface area contributed by atoms with Gasteiger partial charge in [0, 0.05) is 24.1 Å². The SMILES string of the molecule is C[N+](C)(C)CCCNC1=C(N)C(=O)c2ccccc2C1=O. The van der Waals surface area contributed by atoms with Crippen LogP contribution in [0.15, 0.2) is 35.7 Å². The number of ketones is 2. The molecule has 112 valence electrons. The average molecular weight is 288 g/mol. The molecule has 1 aliphatic carbocycles. The van der Waals surface area contributed by atoms with Crippen LogP contribution in [0.25, 0.3) is 0 Å². The van der Waals surface area contributed by atoms with Crippen molar-refractivity contribution in [2.75, 3.05) is 34.2 Å². The topological polar surface area (TPSA) is 72.2 Å². The molecule has 0 amide bonds. The van der Waals surface area contributed by atoms with Gasteiger partial charge in [0.2, 0.25) is 11.6 Å². The molecular weight excluding hydrogens is 266 g/mol. The number of carbonyl (C=O) groups excluding carboxylic acids is 2. The van der Waals surface area contributed by atoms with Crippen LogP contribution in [0.5, 0.6) is 0 Å². The Hall–Kier alpha value is -2.14. The zero-order valence-corrected chi connectivity index (χ0v) is 12.8. The molecule has 1 aromatic rings. The summed E-state index contributed by atoms with van der Waals surface area (Å²) in [5.74, 6) is -0.479. The zero-order chi connectivity index (χ0) is 15.6. The maximum absolute atomic E-state index is 12.4. The number of nitrogens with two attached hydrogens (primary N) is 1. The summed E-state index contributed by atoms with van der Waals surface area (Å²) in [6, 6.07) is 6.78. The molecule has 0 saturated carbocycles. The van der Waals surface area contributed by atoms with Gasteiger partial charge in [0.15, 0.2) is 0 Å². The number of benzene rings is 1. The van der Waals surface area contributed by atoms with E-state index in [1.165, 1.54) is 0 Å². The van der Waals surface area contributed by atoms with Gasteiger partial charge >= 0.3 is 0 Å². The van der Waals surface area contributed by atoms with Crippen molar-refractivity contribution in [2.45, 2.75) is 6.42 Å². The highest BCUT2D eigenvalue weighted by Gasteiger charge is 2.30. The number of fused-ring (bicyclic) bond motifs is 1. The molecule has 5 heteroatoms. The number of quaternary nitrogens is 1. The Morgan fingerprint density at radius 1 is 1.05 bits per heavy atom. The number of nitrogens with one attached hydrogen (secondary N) is 1. The fourth-order valence-electron chi connectivity index (χ4n) is 2.34. The Balaban J connectivity index is 2.12. The molecule has 0 radical (unpaired) electrons. The second-order valence-corrected chi connectivity index (χ2v) is 6.29. The van der Waals surface area contributed by atoms with Crippen LogP contribution in [0.2, 0.25) is 0 Å². The summed E-state index contributed by atoms with van der Waals surface area (Å²) in [6.07, 6.45) is 0.892. The highest BCUT2D eigenvalue weighted by atomic mass is 16.1. The number of carbonyl (C=O) groups is 2. The second-order valence-electron chi connectivity index (χ2n) is 6.29. The van der Waals surface area contributed by atoms with Crippen LogP contribution >= 0.6 is 0 Å². The number of hydrogen-bond donors (Lipinski definition) is 2. The standard InChI is InChI=1S/C16H21N3O2/c1-19(2,3)10-6-9-18-14-13(17)15(20)11-7-4-5-8-12(11)16(14)21/h4-5,7-8H,6,9-10H2,1-3H3,(H2-,17,18,20,21)/p+1. The van der Waals surface area contributed by atoms with Gasteiger partial charge in [-0.2, -0.15) is 0 Å². The van der Waals surface area contributed by atoms with E-state index < -0.39 is 0 Å². The lowest BCUT2D eigenvalue weighted by Gasteiger charge is -2.24. The van der Waals surface area contributed by atoms with Crippen molar-refractivity contribution in [3.63, 3.8) is 0 Å². The van der Waals surface area contributed by atoms with Crippen LogP contribution < -0.4 is 11.1 Å². The highest BCUT2D eigenvalue weighted by molar-refractivity contribution is 6.26. The van der Waals surface area contributed by atoms with Gasteiger partial charge in [0.05, 0.1) is 27.7 Å². The van der Waals surface area contributed by atoms with Crippen molar-refractivity contribution in [1.29, 1.82) is 0 Å². The summed E-state index contributed by atoms with van der Waals surface area (Å²) in [5.41, 5.74) is 6.90. The minimum atomic E-state index is -0.278. The molecule has 0 unspecified atom stereocenters. The lowest BCUT2D eigenvalue weighted by molar-refractivity contribution is -0.870. The van der Waals surface area contributed by atoms with Gasteiger partial charge in [-0.05, 0) is 0 Å². The third-order valence-electron chi connectivity index (χ3n) is 3.46. The Labute approximate surface area is 125 Å². The predicted octanol–water partition coefficient (Wildman–Crippen LogP) is 0.922. The Morgan fingerprint density at radius 3 is 2.19 bits per heavy atom. The van der Waals surface area contributed by atoms with E-state index in [0.717, 1.165) is 17.4 Å². The predicted molar refractivity (Wildman–Crippen MR) is 81.8 cm³/mol. The van der Waals surface area contributed by atoms with Gasteiger partial charge in [0.25, 0.3) is 0 Å². The molecule has 0 fully saturated rings. The van der Waals surface area contributed by atoms with Crippen LogP contribution in [0.4, 0.5) is 0 Å². The van der Waals surface area contributed by atoms with Gasteiger partial charge in [0.1, 0.15) is 11.4 Å². The minimum absolute atomic E-state index is 0.0175. The number of Topliss-reactive ketones (excluding diaryl/α,β-unsaturated/α-hetero) is 2. The molecule has 1 aliphatic rings. The van der Waals surface area contributed by atoms with Crippen molar-refractivity contribution in [2.24, 2.45) is 5.73 Å². The lowest BCUT2D eigenvalue weighted by Crippen LogP contribution is -2.38. The summed E-state index contributed by atoms with van der Waals surface area (Å²) < 4.78 is 0.853. The first-order valence-electron chi connectivity index (χ1n) is 7.04. The first-order chi connectivity index (χ1) is 9.81. The van der Waals surface area contributed by atoms with Crippen LogP contribution in [0.3, 0.4) is 0 Å².